The van der Waals surface area contributed by atoms with Gasteiger partial charge in [-0.15, -0.1) is 11.8 Å². The van der Waals surface area contributed by atoms with Crippen LogP contribution in [0, 0.1) is 12.7 Å². The third-order valence-electron chi connectivity index (χ3n) is 5.22. The van der Waals surface area contributed by atoms with Gasteiger partial charge in [0, 0.05) is 31.1 Å². The summed E-state index contributed by atoms with van der Waals surface area (Å²) in [4.78, 5) is 30.4. The molecule has 5 nitrogen and oxygen atoms in total. The summed E-state index contributed by atoms with van der Waals surface area (Å²) in [7, 11) is 0. The van der Waals surface area contributed by atoms with Crippen molar-refractivity contribution in [3.63, 3.8) is 0 Å². The molecule has 2 aromatic carbocycles. The number of nitrogens with zero attached hydrogens (tertiary/aromatic N) is 2. The molecule has 160 valence electrons. The van der Waals surface area contributed by atoms with Crippen molar-refractivity contribution in [1.29, 1.82) is 0 Å². The quantitative estimate of drug-likeness (QED) is 0.549. The maximum Gasteiger partial charge on any atom is 0.289 e. The Hall–Kier alpha value is -3.06. The summed E-state index contributed by atoms with van der Waals surface area (Å²) in [5.74, 6) is 0.549. The van der Waals surface area contributed by atoms with E-state index in [4.69, 9.17) is 4.42 Å². The van der Waals surface area contributed by atoms with E-state index in [1.807, 2.05) is 30.3 Å². The second kappa shape index (κ2) is 9.39. The summed E-state index contributed by atoms with van der Waals surface area (Å²) in [6, 6.07) is 19.2. The number of rotatable bonds is 5. The number of furan rings is 1. The number of aryl methyl sites for hydroxylation is 1. The fourth-order valence-electron chi connectivity index (χ4n) is 3.54. The van der Waals surface area contributed by atoms with Gasteiger partial charge in [-0.2, -0.15) is 0 Å². The van der Waals surface area contributed by atoms with Crippen LogP contribution in [-0.4, -0.2) is 47.8 Å². The maximum atomic E-state index is 13.4. The average Bonchev–Trinajstić information content (AvgIpc) is 3.25. The van der Waals surface area contributed by atoms with E-state index in [1.54, 1.807) is 41.0 Å². The molecular formula is C24H23FN2O3S. The highest BCUT2D eigenvalue weighted by molar-refractivity contribution is 8.00. The summed E-state index contributed by atoms with van der Waals surface area (Å²) in [6.45, 7) is 3.62. The van der Waals surface area contributed by atoms with Crippen LogP contribution in [0.1, 0.15) is 27.1 Å². The molecular weight excluding hydrogens is 415 g/mol. The predicted molar refractivity (Wildman–Crippen MR) is 117 cm³/mol. The predicted octanol–water partition coefficient (Wildman–Crippen LogP) is 4.55. The normalized spacial score (nSPS) is 15.0. The van der Waals surface area contributed by atoms with Gasteiger partial charge in [-0.1, -0.05) is 30.3 Å². The molecule has 0 radical (unpaired) electrons. The van der Waals surface area contributed by atoms with Gasteiger partial charge in [0.05, 0.1) is 0 Å². The Morgan fingerprint density at radius 3 is 2.16 bits per heavy atom. The van der Waals surface area contributed by atoms with Crippen molar-refractivity contribution in [3.8, 4) is 0 Å². The van der Waals surface area contributed by atoms with Crippen molar-refractivity contribution in [2.45, 2.75) is 17.1 Å². The van der Waals surface area contributed by atoms with Gasteiger partial charge in [0.25, 0.3) is 5.91 Å². The van der Waals surface area contributed by atoms with E-state index in [-0.39, 0.29) is 17.6 Å². The molecule has 1 unspecified atom stereocenters. The fraction of sp³-hybridized carbons (Fsp3) is 0.250. The van der Waals surface area contributed by atoms with Crippen LogP contribution >= 0.6 is 11.8 Å². The van der Waals surface area contributed by atoms with Gasteiger partial charge < -0.3 is 14.2 Å². The smallest absolute Gasteiger partial charge is 0.289 e. The van der Waals surface area contributed by atoms with E-state index in [0.29, 0.717) is 37.7 Å². The number of carbonyl (C=O) groups excluding carboxylic acids is 2. The standard InChI is InChI=1S/C24H23FN2O3S/c1-17-7-12-21(30-17)23(28)26-13-15-27(16-14-26)24(29)22(18-5-3-2-4-6-18)31-20-10-8-19(25)9-11-20/h2-12,22H,13-16H2,1H3. The summed E-state index contributed by atoms with van der Waals surface area (Å²) in [5, 5.41) is -0.443. The van der Waals surface area contributed by atoms with E-state index in [9.17, 15) is 14.0 Å². The minimum atomic E-state index is -0.443. The lowest BCUT2D eigenvalue weighted by Crippen LogP contribution is -2.51. The van der Waals surface area contributed by atoms with Crippen LogP contribution in [0.25, 0.3) is 0 Å². The first-order valence-corrected chi connectivity index (χ1v) is 11.0. The number of hydrogen-bond donors (Lipinski definition) is 0. The Bertz CT molecular complexity index is 1040. The first kappa shape index (κ1) is 21.2. The van der Waals surface area contributed by atoms with Crippen LogP contribution < -0.4 is 0 Å². The minimum Gasteiger partial charge on any atom is -0.456 e. The van der Waals surface area contributed by atoms with Crippen LogP contribution in [0.4, 0.5) is 4.39 Å². The zero-order valence-electron chi connectivity index (χ0n) is 17.2. The molecule has 1 aromatic heterocycles. The summed E-state index contributed by atoms with van der Waals surface area (Å²) >= 11 is 1.41. The molecule has 2 heterocycles. The highest BCUT2D eigenvalue weighted by Crippen LogP contribution is 2.37. The lowest BCUT2D eigenvalue weighted by atomic mass is 10.1. The van der Waals surface area contributed by atoms with Crippen molar-refractivity contribution in [2.75, 3.05) is 26.2 Å². The van der Waals surface area contributed by atoms with Gasteiger partial charge in [-0.3, -0.25) is 9.59 Å². The van der Waals surface area contributed by atoms with Crippen LogP contribution in [-0.2, 0) is 4.79 Å². The largest absolute Gasteiger partial charge is 0.456 e. The van der Waals surface area contributed by atoms with E-state index >= 15 is 0 Å². The third kappa shape index (κ3) is 4.99. The molecule has 0 bridgehead atoms. The second-order valence-corrected chi connectivity index (χ2v) is 8.57. The number of amides is 2. The number of hydrogen-bond acceptors (Lipinski definition) is 4. The summed E-state index contributed by atoms with van der Waals surface area (Å²) in [6.07, 6.45) is 0. The maximum absolute atomic E-state index is 13.4. The lowest BCUT2D eigenvalue weighted by molar-refractivity contribution is -0.132. The SMILES string of the molecule is Cc1ccc(C(=O)N2CCN(C(=O)C(Sc3ccc(F)cc3)c3ccccc3)CC2)o1. The summed E-state index contributed by atoms with van der Waals surface area (Å²) < 4.78 is 18.7. The molecule has 2 amide bonds. The van der Waals surface area contributed by atoms with Crippen molar-refractivity contribution in [2.24, 2.45) is 0 Å². The van der Waals surface area contributed by atoms with Gasteiger partial charge >= 0.3 is 0 Å². The topological polar surface area (TPSA) is 53.8 Å². The van der Waals surface area contributed by atoms with Crippen LogP contribution in [0.2, 0.25) is 0 Å². The van der Waals surface area contributed by atoms with Crippen LogP contribution in [0.5, 0.6) is 0 Å². The first-order valence-electron chi connectivity index (χ1n) is 10.1. The van der Waals surface area contributed by atoms with Gasteiger partial charge in [0.15, 0.2) is 5.76 Å². The molecule has 0 saturated carbocycles. The number of benzene rings is 2. The number of thioether (sulfide) groups is 1. The Kier molecular flexibility index (Phi) is 6.42. The van der Waals surface area contributed by atoms with Gasteiger partial charge in [-0.25, -0.2) is 4.39 Å². The minimum absolute atomic E-state index is 0.0125. The van der Waals surface area contributed by atoms with E-state index < -0.39 is 5.25 Å². The number of carbonyl (C=O) groups is 2. The zero-order chi connectivity index (χ0) is 21.8. The Morgan fingerprint density at radius 2 is 1.55 bits per heavy atom. The van der Waals surface area contributed by atoms with Crippen molar-refractivity contribution in [3.05, 3.63) is 89.6 Å². The molecule has 7 heteroatoms. The average molecular weight is 439 g/mol. The van der Waals surface area contributed by atoms with E-state index in [2.05, 4.69) is 0 Å². The molecule has 3 aromatic rings. The highest BCUT2D eigenvalue weighted by atomic mass is 32.2. The third-order valence-corrected chi connectivity index (χ3v) is 6.48. The van der Waals surface area contributed by atoms with Gasteiger partial charge in [0.2, 0.25) is 5.91 Å². The number of halogens is 1. The van der Waals surface area contributed by atoms with E-state index in [0.717, 1.165) is 10.5 Å². The molecule has 1 aliphatic rings. The Morgan fingerprint density at radius 1 is 0.903 bits per heavy atom. The fourth-order valence-corrected chi connectivity index (χ4v) is 4.65. The Labute approximate surface area is 184 Å². The molecule has 4 rings (SSSR count). The van der Waals surface area contributed by atoms with Gasteiger partial charge in [0.1, 0.15) is 16.8 Å². The molecule has 1 saturated heterocycles. The van der Waals surface area contributed by atoms with Crippen molar-refractivity contribution in [1.82, 2.24) is 9.80 Å². The number of piperazine rings is 1. The van der Waals surface area contributed by atoms with E-state index in [1.165, 1.54) is 23.9 Å². The molecule has 1 aliphatic heterocycles. The highest BCUT2D eigenvalue weighted by Gasteiger charge is 2.31. The molecule has 0 spiro atoms. The van der Waals surface area contributed by atoms with Crippen LogP contribution in [0.15, 0.2) is 76.0 Å². The van der Waals surface area contributed by atoms with Crippen molar-refractivity contribution >= 4 is 23.6 Å². The second-order valence-electron chi connectivity index (χ2n) is 7.39. The molecule has 1 atom stereocenters. The van der Waals surface area contributed by atoms with Gasteiger partial charge in [-0.05, 0) is 48.9 Å². The lowest BCUT2D eigenvalue weighted by Gasteiger charge is -2.36. The Balaban J connectivity index is 1.46. The summed E-state index contributed by atoms with van der Waals surface area (Å²) in [5.41, 5.74) is 0.895. The molecule has 0 N–H and O–H groups in total. The van der Waals surface area contributed by atoms with Crippen molar-refractivity contribution < 1.29 is 18.4 Å². The zero-order valence-corrected chi connectivity index (χ0v) is 18.0. The monoisotopic (exact) mass is 438 g/mol. The first-order chi connectivity index (χ1) is 15.0. The molecule has 0 aliphatic carbocycles. The molecule has 31 heavy (non-hydrogen) atoms. The van der Waals surface area contributed by atoms with Crippen LogP contribution in [0.3, 0.4) is 0 Å². The molecule has 1 fully saturated rings.